The van der Waals surface area contributed by atoms with Gasteiger partial charge in [-0.15, -0.1) is 0 Å². The third-order valence-corrected chi connectivity index (χ3v) is 12.9. The topological polar surface area (TPSA) is 81.6 Å². The van der Waals surface area contributed by atoms with E-state index < -0.39 is 10.8 Å². The third-order valence-electron chi connectivity index (χ3n) is 12.9. The monoisotopic (exact) mass is 518 g/mol. The van der Waals surface area contributed by atoms with Crippen LogP contribution in [0.1, 0.15) is 106 Å². The first-order chi connectivity index (χ1) is 17.5. The van der Waals surface area contributed by atoms with Gasteiger partial charge in [0.15, 0.2) is 11.6 Å². The van der Waals surface area contributed by atoms with Crippen LogP contribution >= 0.6 is 0 Å². The van der Waals surface area contributed by atoms with Crippen LogP contribution in [0.5, 0.6) is 0 Å². The van der Waals surface area contributed by atoms with E-state index in [1.54, 1.807) is 0 Å². The molecule has 5 aliphatic carbocycles. The lowest BCUT2D eigenvalue weighted by atomic mass is 9.34. The lowest BCUT2D eigenvalue weighted by molar-refractivity contribution is -0.172. The molecular weight excluding hydrogens is 472 g/mol. The molecule has 5 nitrogen and oxygen atoms in total. The number of hydrogen-bond donors (Lipinski definition) is 1. The molecule has 3 saturated carbocycles. The maximum absolute atomic E-state index is 14.5. The average molecular weight is 519 g/mol. The molecule has 0 aromatic heterocycles. The molecule has 1 amide bonds. The molecule has 5 rings (SSSR count). The lowest BCUT2D eigenvalue weighted by Gasteiger charge is -2.69. The summed E-state index contributed by atoms with van der Waals surface area (Å²) < 4.78 is 0. The van der Waals surface area contributed by atoms with Gasteiger partial charge < -0.3 is 10.5 Å². The summed E-state index contributed by atoms with van der Waals surface area (Å²) >= 11 is 0. The Morgan fingerprint density at radius 2 is 1.68 bits per heavy atom. The predicted molar refractivity (Wildman–Crippen MR) is 148 cm³/mol. The summed E-state index contributed by atoms with van der Waals surface area (Å²) in [7, 11) is 0. The Bertz CT molecular complexity index is 1220. The van der Waals surface area contributed by atoms with E-state index in [2.05, 4.69) is 39.5 Å². The number of rotatable bonds is 3. The number of ketones is 2. The summed E-state index contributed by atoms with van der Waals surface area (Å²) in [5.74, 6) is 0.124. The number of Topliss-reactive ketones (excluding diaryl/α,β-unsaturated/α-hetero) is 1. The van der Waals surface area contributed by atoms with Crippen LogP contribution in [0.3, 0.4) is 0 Å². The van der Waals surface area contributed by atoms with E-state index in [9.17, 15) is 14.4 Å². The number of fused-ring (bicyclic) bond motifs is 7. The van der Waals surface area contributed by atoms with Crippen molar-refractivity contribution in [2.75, 3.05) is 0 Å². The van der Waals surface area contributed by atoms with Gasteiger partial charge in [-0.25, -0.2) is 4.85 Å². The van der Waals surface area contributed by atoms with E-state index in [-0.39, 0.29) is 62.6 Å². The number of carbonyl (C=O) groups is 3. The molecule has 0 unspecified atom stereocenters. The van der Waals surface area contributed by atoms with Crippen LogP contribution in [0.15, 0.2) is 23.4 Å². The molecule has 38 heavy (non-hydrogen) atoms. The number of hydrogen-bond acceptors (Lipinski definition) is 3. The summed E-state index contributed by atoms with van der Waals surface area (Å²) in [6.07, 6.45) is 12.1. The molecule has 7 atom stereocenters. The Hall–Kier alpha value is -2.22. The second-order valence-corrected chi connectivity index (χ2v) is 15.6. The van der Waals surface area contributed by atoms with Gasteiger partial charge in [0, 0.05) is 23.2 Å². The molecule has 0 heterocycles. The SMILES string of the molecule is [C-]#[N+]C1=C[C@]2(C)C3=CC(=O)[C@@H]4[C@@H]5CC(C)(C)CC[C@]5(CCC(N)=O)CC[C@@]4(C)[C@]3(C)CC[C@H]2C(C)(C)C1=O. The van der Waals surface area contributed by atoms with Crippen LogP contribution in [0.2, 0.25) is 0 Å². The Morgan fingerprint density at radius 1 is 1.03 bits per heavy atom. The van der Waals surface area contributed by atoms with E-state index in [4.69, 9.17) is 12.3 Å². The fourth-order valence-corrected chi connectivity index (χ4v) is 10.5. The summed E-state index contributed by atoms with van der Waals surface area (Å²) in [4.78, 5) is 43.2. The summed E-state index contributed by atoms with van der Waals surface area (Å²) in [6.45, 7) is 23.3. The predicted octanol–water partition coefficient (Wildman–Crippen LogP) is 6.82. The van der Waals surface area contributed by atoms with Crippen molar-refractivity contribution in [2.45, 2.75) is 106 Å². The first kappa shape index (κ1) is 27.4. The van der Waals surface area contributed by atoms with Crippen LogP contribution in [0.4, 0.5) is 0 Å². The van der Waals surface area contributed by atoms with E-state index in [1.165, 1.54) is 0 Å². The minimum atomic E-state index is -0.643. The number of carbonyl (C=O) groups excluding carboxylic acids is 3. The fourth-order valence-electron chi connectivity index (χ4n) is 10.5. The fraction of sp³-hybridized carbons (Fsp3) is 0.758. The molecule has 0 bridgehead atoms. The van der Waals surface area contributed by atoms with Crippen molar-refractivity contribution in [1.82, 2.24) is 0 Å². The van der Waals surface area contributed by atoms with Gasteiger partial charge in [0.2, 0.25) is 11.6 Å². The first-order valence-corrected chi connectivity index (χ1v) is 14.7. The molecule has 3 fully saturated rings. The van der Waals surface area contributed by atoms with Gasteiger partial charge in [-0.2, -0.15) is 0 Å². The Labute approximate surface area is 228 Å². The maximum Gasteiger partial charge on any atom is 0.226 e. The molecule has 5 aliphatic rings. The molecule has 2 N–H and O–H groups in total. The van der Waals surface area contributed by atoms with Crippen molar-refractivity contribution in [3.05, 3.63) is 34.8 Å². The third kappa shape index (κ3) is 3.44. The highest BCUT2D eigenvalue weighted by Crippen LogP contribution is 2.75. The molecule has 0 saturated heterocycles. The van der Waals surface area contributed by atoms with Crippen LogP contribution < -0.4 is 5.73 Å². The summed E-state index contributed by atoms with van der Waals surface area (Å²) in [5.41, 5.74) is 5.60. The van der Waals surface area contributed by atoms with Gasteiger partial charge >= 0.3 is 0 Å². The number of allylic oxidation sites excluding steroid dienone is 4. The smallest absolute Gasteiger partial charge is 0.226 e. The summed E-state index contributed by atoms with van der Waals surface area (Å²) in [5, 5.41) is 0. The highest BCUT2D eigenvalue weighted by Gasteiger charge is 2.69. The van der Waals surface area contributed by atoms with Crippen molar-refractivity contribution in [3.63, 3.8) is 0 Å². The Kier molecular flexibility index (Phi) is 5.87. The molecule has 0 radical (unpaired) electrons. The average Bonchev–Trinajstić information content (AvgIpc) is 2.82. The zero-order valence-corrected chi connectivity index (χ0v) is 24.5. The van der Waals surface area contributed by atoms with Crippen LogP contribution in [0, 0.1) is 56.8 Å². The maximum atomic E-state index is 14.5. The van der Waals surface area contributed by atoms with Gasteiger partial charge in [-0.1, -0.05) is 60.1 Å². The number of primary amides is 1. The van der Waals surface area contributed by atoms with E-state index >= 15 is 0 Å². The first-order valence-electron chi connectivity index (χ1n) is 14.7. The van der Waals surface area contributed by atoms with Crippen LogP contribution in [-0.4, -0.2) is 17.5 Å². The lowest BCUT2D eigenvalue weighted by Crippen LogP contribution is -2.64. The van der Waals surface area contributed by atoms with E-state index in [1.807, 2.05) is 26.0 Å². The molecule has 206 valence electrons. The van der Waals surface area contributed by atoms with Gasteiger partial charge in [-0.05, 0) is 90.9 Å². The van der Waals surface area contributed by atoms with Crippen LogP contribution in [-0.2, 0) is 14.4 Å². The second-order valence-electron chi connectivity index (χ2n) is 15.6. The number of nitrogens with two attached hydrogens (primary N) is 1. The summed E-state index contributed by atoms with van der Waals surface area (Å²) in [6, 6.07) is 0. The van der Waals surface area contributed by atoms with Gasteiger partial charge in [-0.3, -0.25) is 9.59 Å². The standard InChI is InChI=1S/C33H46N2O3/c1-28(2)13-15-33(12-10-25(34)37)16-14-32(7)26(20(33)18-28)22(36)17-24-30(5)19-21(35-8)27(38)29(3,4)23(30)9-11-31(24,32)6/h17,19-20,23,26H,9-16,18H2,1-7H3,(H2,34,37)/t20-,23-,26-,30-,31+,32+,33+/m0/s1. The zero-order chi connectivity index (χ0) is 28.1. The molecule has 0 aromatic carbocycles. The highest BCUT2D eigenvalue weighted by atomic mass is 16.1. The van der Waals surface area contributed by atoms with Gasteiger partial charge in [0.1, 0.15) is 0 Å². The molecule has 5 heteroatoms. The van der Waals surface area contributed by atoms with Crippen molar-refractivity contribution >= 4 is 17.5 Å². The number of amides is 1. The normalized spacial score (nSPS) is 44.8. The van der Waals surface area contributed by atoms with Crippen molar-refractivity contribution in [3.8, 4) is 0 Å². The largest absolute Gasteiger partial charge is 0.370 e. The molecule has 0 spiro atoms. The zero-order valence-electron chi connectivity index (χ0n) is 24.5. The Morgan fingerprint density at radius 3 is 2.32 bits per heavy atom. The van der Waals surface area contributed by atoms with E-state index in [0.717, 1.165) is 56.9 Å². The highest BCUT2D eigenvalue weighted by molar-refractivity contribution is 6.03. The minimum absolute atomic E-state index is 0.0103. The van der Waals surface area contributed by atoms with E-state index in [0.29, 0.717) is 6.42 Å². The molecular formula is C33H46N2O3. The second kappa shape index (κ2) is 8.15. The molecule has 0 aromatic rings. The Balaban J connectivity index is 1.66. The van der Waals surface area contributed by atoms with Crippen LogP contribution in [0.25, 0.3) is 4.85 Å². The van der Waals surface area contributed by atoms with Gasteiger partial charge in [0.25, 0.3) is 0 Å². The van der Waals surface area contributed by atoms with Crippen molar-refractivity contribution < 1.29 is 14.4 Å². The van der Waals surface area contributed by atoms with Crippen molar-refractivity contribution in [2.24, 2.45) is 56.0 Å². The quantitative estimate of drug-likeness (QED) is 0.416. The minimum Gasteiger partial charge on any atom is -0.370 e. The van der Waals surface area contributed by atoms with Crippen molar-refractivity contribution in [1.29, 1.82) is 0 Å². The van der Waals surface area contributed by atoms with Gasteiger partial charge in [0.05, 0.1) is 6.57 Å². The molecule has 0 aliphatic heterocycles. The number of nitrogens with zero attached hydrogens (tertiary/aromatic N) is 1.